The molecule has 0 radical (unpaired) electrons. The summed E-state index contributed by atoms with van der Waals surface area (Å²) in [7, 11) is 1.44. The van der Waals surface area contributed by atoms with Crippen LogP contribution < -0.4 is 5.32 Å². The Bertz CT molecular complexity index is 714. The molecule has 2 aromatic rings. The minimum Gasteiger partial charge on any atom is -0.444 e. The number of halogens is 3. The predicted molar refractivity (Wildman–Crippen MR) is 81.4 cm³/mol. The van der Waals surface area contributed by atoms with Gasteiger partial charge in [-0.25, -0.2) is 4.79 Å². The van der Waals surface area contributed by atoms with Crippen molar-refractivity contribution in [3.63, 3.8) is 0 Å². The van der Waals surface area contributed by atoms with Crippen LogP contribution >= 0.6 is 11.3 Å². The van der Waals surface area contributed by atoms with Gasteiger partial charge >= 0.3 is 12.3 Å². The third-order valence-electron chi connectivity index (χ3n) is 2.65. The number of nitrogens with zero attached hydrogens (tertiary/aromatic N) is 2. The number of nitrogens with one attached hydrogen (secondary N) is 1. The molecule has 2 aromatic heterocycles. The molecule has 1 amide bonds. The number of amides is 1. The number of rotatable bonds is 2. The van der Waals surface area contributed by atoms with Crippen LogP contribution in [0.5, 0.6) is 0 Å². The van der Waals surface area contributed by atoms with E-state index < -0.39 is 23.6 Å². The first kappa shape index (κ1) is 17.3. The molecule has 0 atom stereocenters. The largest absolute Gasteiger partial charge is 0.444 e. The van der Waals surface area contributed by atoms with Crippen molar-refractivity contribution >= 4 is 22.4 Å². The third kappa shape index (κ3) is 4.47. The van der Waals surface area contributed by atoms with E-state index in [0.717, 1.165) is 22.1 Å². The Balaban J connectivity index is 2.17. The van der Waals surface area contributed by atoms with Crippen molar-refractivity contribution in [2.45, 2.75) is 32.5 Å². The fraction of sp³-hybridized carbons (Fsp3) is 0.429. The van der Waals surface area contributed by atoms with Crippen LogP contribution in [-0.4, -0.2) is 21.5 Å². The monoisotopic (exact) mass is 347 g/mol. The molecule has 126 valence electrons. The van der Waals surface area contributed by atoms with Crippen LogP contribution in [0, 0.1) is 0 Å². The fourth-order valence-corrected chi connectivity index (χ4v) is 2.72. The zero-order chi connectivity index (χ0) is 17.4. The third-order valence-corrected chi connectivity index (χ3v) is 3.68. The standard InChI is InChI=1S/C14H16F3N3O2S/c1-13(2,3)22-12(21)18-11-6-5-9(23-11)8-7-10(14(15,16)17)19-20(8)4/h5-7H,1-4H3,(H,18,21). The van der Waals surface area contributed by atoms with E-state index in [0.29, 0.717) is 15.6 Å². The summed E-state index contributed by atoms with van der Waals surface area (Å²) in [5, 5.41) is 6.49. The molecule has 2 heterocycles. The van der Waals surface area contributed by atoms with E-state index in [1.807, 2.05) is 0 Å². The number of carbonyl (C=O) groups excluding carboxylic acids is 1. The normalized spacial score (nSPS) is 12.3. The van der Waals surface area contributed by atoms with E-state index in [1.165, 1.54) is 7.05 Å². The Labute approximate surface area is 135 Å². The summed E-state index contributed by atoms with van der Waals surface area (Å²) in [5.74, 6) is 0. The average molecular weight is 347 g/mol. The Morgan fingerprint density at radius 2 is 1.96 bits per heavy atom. The maximum Gasteiger partial charge on any atom is 0.435 e. The summed E-state index contributed by atoms with van der Waals surface area (Å²) < 4.78 is 44.3. The Morgan fingerprint density at radius 1 is 1.30 bits per heavy atom. The van der Waals surface area contributed by atoms with Gasteiger partial charge in [0, 0.05) is 7.05 Å². The molecule has 2 rings (SSSR count). The van der Waals surface area contributed by atoms with Crippen molar-refractivity contribution in [2.24, 2.45) is 7.05 Å². The van der Waals surface area contributed by atoms with Crippen molar-refractivity contribution in [1.82, 2.24) is 9.78 Å². The lowest BCUT2D eigenvalue weighted by atomic mass is 10.2. The lowest BCUT2D eigenvalue weighted by Crippen LogP contribution is -2.26. The van der Waals surface area contributed by atoms with E-state index in [1.54, 1.807) is 32.9 Å². The van der Waals surface area contributed by atoms with Gasteiger partial charge in [0.05, 0.1) is 15.6 Å². The topological polar surface area (TPSA) is 56.2 Å². The second kappa shape index (κ2) is 5.88. The number of aromatic nitrogens is 2. The number of hydrogen-bond acceptors (Lipinski definition) is 4. The first-order chi connectivity index (χ1) is 10.5. The van der Waals surface area contributed by atoms with Gasteiger partial charge in [0.1, 0.15) is 5.60 Å². The number of anilines is 1. The number of hydrogen-bond donors (Lipinski definition) is 1. The first-order valence-corrected chi connectivity index (χ1v) is 7.49. The number of aryl methyl sites for hydroxylation is 1. The summed E-state index contributed by atoms with van der Waals surface area (Å²) in [5.41, 5.74) is -1.27. The summed E-state index contributed by atoms with van der Waals surface area (Å²) in [6, 6.07) is 4.20. The van der Waals surface area contributed by atoms with Gasteiger partial charge in [-0.3, -0.25) is 10.00 Å². The fourth-order valence-electron chi connectivity index (χ4n) is 1.78. The molecule has 23 heavy (non-hydrogen) atoms. The van der Waals surface area contributed by atoms with Crippen LogP contribution in [0.4, 0.5) is 23.0 Å². The highest BCUT2D eigenvalue weighted by atomic mass is 32.1. The van der Waals surface area contributed by atoms with E-state index in [-0.39, 0.29) is 0 Å². The van der Waals surface area contributed by atoms with Gasteiger partial charge in [0.15, 0.2) is 5.69 Å². The average Bonchev–Trinajstić information content (AvgIpc) is 2.92. The molecule has 0 aliphatic heterocycles. The quantitative estimate of drug-likeness (QED) is 0.869. The molecule has 9 heteroatoms. The molecule has 0 aliphatic carbocycles. The van der Waals surface area contributed by atoms with Crippen LogP contribution in [-0.2, 0) is 18.0 Å². The van der Waals surface area contributed by atoms with Gasteiger partial charge in [-0.2, -0.15) is 18.3 Å². The zero-order valence-electron chi connectivity index (χ0n) is 13.0. The summed E-state index contributed by atoms with van der Waals surface area (Å²) in [6.45, 7) is 5.21. The second-order valence-corrected chi connectivity index (χ2v) is 6.91. The Hall–Kier alpha value is -2.03. The van der Waals surface area contributed by atoms with E-state index >= 15 is 0 Å². The SMILES string of the molecule is Cn1nc(C(F)(F)F)cc1-c1ccc(NC(=O)OC(C)(C)C)s1. The van der Waals surface area contributed by atoms with Gasteiger partial charge in [-0.1, -0.05) is 0 Å². The van der Waals surface area contributed by atoms with Crippen LogP contribution in [0.15, 0.2) is 18.2 Å². The van der Waals surface area contributed by atoms with Gasteiger partial charge in [0.25, 0.3) is 0 Å². The maximum atomic E-state index is 12.7. The number of alkyl halides is 3. The van der Waals surface area contributed by atoms with Crippen molar-refractivity contribution in [3.05, 3.63) is 23.9 Å². The highest BCUT2D eigenvalue weighted by molar-refractivity contribution is 7.19. The van der Waals surface area contributed by atoms with Crippen molar-refractivity contribution in [2.75, 3.05) is 5.32 Å². The molecule has 0 spiro atoms. The van der Waals surface area contributed by atoms with E-state index in [9.17, 15) is 18.0 Å². The highest BCUT2D eigenvalue weighted by Gasteiger charge is 2.34. The summed E-state index contributed by atoms with van der Waals surface area (Å²) >= 11 is 1.14. The first-order valence-electron chi connectivity index (χ1n) is 6.67. The number of ether oxygens (including phenoxy) is 1. The molecule has 0 saturated heterocycles. The van der Waals surface area contributed by atoms with Gasteiger partial charge in [-0.05, 0) is 39.0 Å². The van der Waals surface area contributed by atoms with Crippen LogP contribution in [0.1, 0.15) is 26.5 Å². The van der Waals surface area contributed by atoms with E-state index in [4.69, 9.17) is 4.74 Å². The van der Waals surface area contributed by atoms with Crippen LogP contribution in [0.3, 0.4) is 0 Å². The maximum absolute atomic E-state index is 12.7. The van der Waals surface area contributed by atoms with Crippen molar-refractivity contribution in [1.29, 1.82) is 0 Å². The zero-order valence-corrected chi connectivity index (χ0v) is 13.8. The number of thiophene rings is 1. The van der Waals surface area contributed by atoms with E-state index in [2.05, 4.69) is 10.4 Å². The van der Waals surface area contributed by atoms with Gasteiger partial charge in [0.2, 0.25) is 0 Å². The molecular weight excluding hydrogens is 331 g/mol. The van der Waals surface area contributed by atoms with Gasteiger partial charge < -0.3 is 4.74 Å². The minimum atomic E-state index is -4.50. The van der Waals surface area contributed by atoms with Crippen molar-refractivity contribution in [3.8, 4) is 10.6 Å². The number of carbonyl (C=O) groups is 1. The highest BCUT2D eigenvalue weighted by Crippen LogP contribution is 2.35. The minimum absolute atomic E-state index is 0.319. The second-order valence-electron chi connectivity index (χ2n) is 5.83. The smallest absolute Gasteiger partial charge is 0.435 e. The van der Waals surface area contributed by atoms with Gasteiger partial charge in [-0.15, -0.1) is 11.3 Å². The lowest BCUT2D eigenvalue weighted by Gasteiger charge is -2.19. The molecule has 0 aromatic carbocycles. The van der Waals surface area contributed by atoms with Crippen molar-refractivity contribution < 1.29 is 22.7 Å². The molecule has 5 nitrogen and oxygen atoms in total. The summed E-state index contributed by atoms with van der Waals surface area (Å²) in [6.07, 6.45) is -5.11. The molecule has 0 saturated carbocycles. The molecular formula is C14H16F3N3O2S. The lowest BCUT2D eigenvalue weighted by molar-refractivity contribution is -0.141. The predicted octanol–water partition coefficient (Wildman–Crippen LogP) is 4.51. The molecule has 0 aliphatic rings. The molecule has 0 fully saturated rings. The summed E-state index contributed by atoms with van der Waals surface area (Å²) in [4.78, 5) is 12.2. The van der Waals surface area contributed by atoms with Crippen LogP contribution in [0.25, 0.3) is 10.6 Å². The molecule has 0 bridgehead atoms. The molecule has 0 unspecified atom stereocenters. The Morgan fingerprint density at radius 3 is 2.48 bits per heavy atom. The Kier molecular flexibility index (Phi) is 4.43. The van der Waals surface area contributed by atoms with Crippen LogP contribution in [0.2, 0.25) is 0 Å². The molecule has 1 N–H and O–H groups in total.